The Balaban J connectivity index is 1.68. The zero-order valence-corrected chi connectivity index (χ0v) is 10.9. The highest BCUT2D eigenvalue weighted by Gasteiger charge is 2.44. The fourth-order valence-corrected chi connectivity index (χ4v) is 3.29. The summed E-state index contributed by atoms with van der Waals surface area (Å²) in [5.74, 6) is 0. The summed E-state index contributed by atoms with van der Waals surface area (Å²) >= 11 is 2.08. The predicted molar refractivity (Wildman–Crippen MR) is 68.6 cm³/mol. The van der Waals surface area contributed by atoms with Crippen LogP contribution in [0, 0.1) is 0 Å². The zero-order valence-electron chi connectivity index (χ0n) is 10.1. The van der Waals surface area contributed by atoms with Crippen molar-refractivity contribution in [2.45, 2.75) is 43.4 Å². The predicted octanol–water partition coefficient (Wildman–Crippen LogP) is 1.96. The van der Waals surface area contributed by atoms with Crippen LogP contribution in [0.2, 0.25) is 0 Å². The lowest BCUT2D eigenvalue weighted by atomic mass is 10.2. The van der Waals surface area contributed by atoms with Crippen LogP contribution in [-0.2, 0) is 0 Å². The Morgan fingerprint density at radius 3 is 2.87 bits per heavy atom. The smallest absolute Gasteiger partial charge is 0.0285 e. The largest absolute Gasteiger partial charge is 0.313 e. The Morgan fingerprint density at radius 2 is 2.27 bits per heavy atom. The molecule has 1 N–H and O–H groups in total. The van der Waals surface area contributed by atoms with E-state index in [1.54, 1.807) is 0 Å². The lowest BCUT2D eigenvalue weighted by Gasteiger charge is -2.22. The molecule has 1 heterocycles. The third-order valence-electron chi connectivity index (χ3n) is 3.71. The summed E-state index contributed by atoms with van der Waals surface area (Å²) in [7, 11) is 0. The number of rotatable bonds is 6. The molecule has 0 amide bonds. The molecule has 2 rings (SSSR count). The Morgan fingerprint density at radius 1 is 1.47 bits per heavy atom. The van der Waals surface area contributed by atoms with E-state index in [0.29, 0.717) is 4.75 Å². The van der Waals surface area contributed by atoms with Crippen molar-refractivity contribution in [2.75, 3.05) is 32.4 Å². The average molecular weight is 228 g/mol. The second-order valence-electron chi connectivity index (χ2n) is 5.06. The van der Waals surface area contributed by atoms with Gasteiger partial charge in [-0.25, -0.2) is 0 Å². The summed E-state index contributed by atoms with van der Waals surface area (Å²) in [5, 5.41) is 3.64. The highest BCUT2D eigenvalue weighted by atomic mass is 32.2. The first-order valence-corrected chi connectivity index (χ1v) is 7.51. The number of nitrogens with one attached hydrogen (secondary N) is 1. The number of nitrogens with zero attached hydrogens (tertiary/aromatic N) is 1. The van der Waals surface area contributed by atoms with Crippen LogP contribution in [0.5, 0.6) is 0 Å². The summed E-state index contributed by atoms with van der Waals surface area (Å²) in [6.45, 7) is 7.35. The molecule has 1 aliphatic carbocycles. The molecule has 0 aromatic heterocycles. The minimum atomic E-state index is 0.652. The molecule has 0 bridgehead atoms. The first-order valence-electron chi connectivity index (χ1n) is 6.29. The first kappa shape index (κ1) is 11.7. The third-order valence-corrected chi connectivity index (χ3v) is 5.11. The van der Waals surface area contributed by atoms with Gasteiger partial charge in [-0.05, 0) is 45.0 Å². The Labute approximate surface area is 98.2 Å². The molecule has 1 atom stereocenters. The Bertz CT molecular complexity index is 204. The third kappa shape index (κ3) is 3.11. The van der Waals surface area contributed by atoms with Crippen LogP contribution in [0.1, 0.15) is 32.6 Å². The van der Waals surface area contributed by atoms with E-state index in [1.807, 2.05) is 0 Å². The molecule has 0 aromatic rings. The van der Waals surface area contributed by atoms with Crippen molar-refractivity contribution in [3.8, 4) is 0 Å². The van der Waals surface area contributed by atoms with Crippen molar-refractivity contribution in [3.63, 3.8) is 0 Å². The van der Waals surface area contributed by atoms with Crippen molar-refractivity contribution in [1.82, 2.24) is 10.2 Å². The Hall–Kier alpha value is 0.270. The molecular formula is C12H24N2S. The van der Waals surface area contributed by atoms with E-state index >= 15 is 0 Å². The number of thioether (sulfide) groups is 1. The number of likely N-dealkylation sites (tertiary alicyclic amines) is 1. The van der Waals surface area contributed by atoms with Gasteiger partial charge in [-0.3, -0.25) is 0 Å². The van der Waals surface area contributed by atoms with E-state index in [9.17, 15) is 0 Å². The second kappa shape index (κ2) is 5.07. The molecule has 88 valence electrons. The van der Waals surface area contributed by atoms with Crippen molar-refractivity contribution in [1.29, 1.82) is 0 Å². The summed E-state index contributed by atoms with van der Waals surface area (Å²) in [4.78, 5) is 2.66. The molecule has 1 unspecified atom stereocenters. The molecule has 0 radical (unpaired) electrons. The van der Waals surface area contributed by atoms with Crippen LogP contribution < -0.4 is 5.32 Å². The van der Waals surface area contributed by atoms with Crippen molar-refractivity contribution >= 4 is 11.8 Å². The highest BCUT2D eigenvalue weighted by Crippen LogP contribution is 2.47. The molecule has 0 spiro atoms. The molecule has 15 heavy (non-hydrogen) atoms. The first-order chi connectivity index (χ1) is 7.28. The van der Waals surface area contributed by atoms with Crippen LogP contribution >= 0.6 is 11.8 Å². The minimum Gasteiger partial charge on any atom is -0.313 e. The summed E-state index contributed by atoms with van der Waals surface area (Å²) in [5.41, 5.74) is 0. The van der Waals surface area contributed by atoms with Gasteiger partial charge in [0, 0.05) is 23.9 Å². The number of hydrogen-bond acceptors (Lipinski definition) is 3. The molecule has 2 nitrogen and oxygen atoms in total. The maximum absolute atomic E-state index is 3.64. The molecule has 1 saturated heterocycles. The normalized spacial score (nSPS) is 29.6. The molecule has 3 heteroatoms. The summed E-state index contributed by atoms with van der Waals surface area (Å²) < 4.78 is 0.652. The molecule has 1 saturated carbocycles. The van der Waals surface area contributed by atoms with Gasteiger partial charge in [0.25, 0.3) is 0 Å². The molecule has 2 fully saturated rings. The quantitative estimate of drug-likeness (QED) is 0.748. The van der Waals surface area contributed by atoms with Gasteiger partial charge in [-0.1, -0.05) is 6.92 Å². The molecule has 1 aliphatic heterocycles. The van der Waals surface area contributed by atoms with Gasteiger partial charge in [-0.2, -0.15) is 11.8 Å². The minimum absolute atomic E-state index is 0.652. The van der Waals surface area contributed by atoms with Gasteiger partial charge in [0.1, 0.15) is 0 Å². The van der Waals surface area contributed by atoms with Crippen molar-refractivity contribution in [2.24, 2.45) is 0 Å². The fraction of sp³-hybridized carbons (Fsp3) is 1.00. The lowest BCUT2D eigenvalue weighted by Crippen LogP contribution is -2.35. The Kier molecular flexibility index (Phi) is 3.97. The van der Waals surface area contributed by atoms with Crippen LogP contribution in [0.4, 0.5) is 0 Å². The topological polar surface area (TPSA) is 15.3 Å². The van der Waals surface area contributed by atoms with Crippen LogP contribution in [0.25, 0.3) is 0 Å². The summed E-state index contributed by atoms with van der Waals surface area (Å²) in [6, 6.07) is 0.766. The summed E-state index contributed by atoms with van der Waals surface area (Å²) in [6.07, 6.45) is 7.76. The average Bonchev–Trinajstić information content (AvgIpc) is 2.88. The monoisotopic (exact) mass is 228 g/mol. The highest BCUT2D eigenvalue weighted by molar-refractivity contribution is 8.00. The van der Waals surface area contributed by atoms with E-state index in [-0.39, 0.29) is 0 Å². The SMILES string of the molecule is CCCNC1CCN(CC2(SC)CC2)C1. The second-order valence-corrected chi connectivity index (χ2v) is 6.34. The number of hydrogen-bond donors (Lipinski definition) is 1. The van der Waals surface area contributed by atoms with Gasteiger partial charge in [-0.15, -0.1) is 0 Å². The molecule has 2 aliphatic rings. The van der Waals surface area contributed by atoms with Crippen LogP contribution in [0.15, 0.2) is 0 Å². The van der Waals surface area contributed by atoms with Crippen LogP contribution in [-0.4, -0.2) is 48.1 Å². The zero-order chi connectivity index (χ0) is 10.7. The van der Waals surface area contributed by atoms with Crippen molar-refractivity contribution < 1.29 is 0 Å². The fourth-order valence-electron chi connectivity index (χ4n) is 2.47. The maximum atomic E-state index is 3.64. The van der Waals surface area contributed by atoms with E-state index < -0.39 is 0 Å². The van der Waals surface area contributed by atoms with Gasteiger partial charge < -0.3 is 10.2 Å². The van der Waals surface area contributed by atoms with E-state index in [4.69, 9.17) is 0 Å². The van der Waals surface area contributed by atoms with E-state index in [1.165, 1.54) is 51.9 Å². The molecule has 0 aromatic carbocycles. The van der Waals surface area contributed by atoms with Gasteiger partial charge >= 0.3 is 0 Å². The van der Waals surface area contributed by atoms with Crippen molar-refractivity contribution in [3.05, 3.63) is 0 Å². The van der Waals surface area contributed by atoms with E-state index in [2.05, 4.69) is 35.2 Å². The van der Waals surface area contributed by atoms with Gasteiger partial charge in [0.15, 0.2) is 0 Å². The lowest BCUT2D eigenvalue weighted by molar-refractivity contribution is 0.324. The molecular weight excluding hydrogens is 204 g/mol. The van der Waals surface area contributed by atoms with E-state index in [0.717, 1.165) is 6.04 Å². The van der Waals surface area contributed by atoms with Gasteiger partial charge in [0.2, 0.25) is 0 Å². The maximum Gasteiger partial charge on any atom is 0.0285 e. The van der Waals surface area contributed by atoms with Crippen LogP contribution in [0.3, 0.4) is 0 Å². The van der Waals surface area contributed by atoms with Gasteiger partial charge in [0.05, 0.1) is 0 Å². The standard InChI is InChI=1S/C12H24N2S/c1-3-7-13-11-4-8-14(9-11)10-12(15-2)5-6-12/h11,13H,3-10H2,1-2H3.